The van der Waals surface area contributed by atoms with Gasteiger partial charge in [0.1, 0.15) is 0 Å². The van der Waals surface area contributed by atoms with Gasteiger partial charge in [0, 0.05) is 43.2 Å². The molecule has 22 heavy (non-hydrogen) atoms. The third-order valence-electron chi connectivity index (χ3n) is 4.45. The topological polar surface area (TPSA) is 54.3 Å². The van der Waals surface area contributed by atoms with Crippen LogP contribution in [-0.4, -0.2) is 41.1 Å². The Balaban J connectivity index is 1.72. The van der Waals surface area contributed by atoms with Gasteiger partial charge in [-0.2, -0.15) is 0 Å². The number of amides is 1. The first kappa shape index (κ1) is 17.2. The fourth-order valence-electron chi connectivity index (χ4n) is 2.99. The second-order valence-corrected chi connectivity index (χ2v) is 7.26. The monoisotopic (exact) mass is 325 g/mol. The molecule has 0 spiro atoms. The van der Waals surface area contributed by atoms with Crippen LogP contribution in [0.5, 0.6) is 0 Å². The summed E-state index contributed by atoms with van der Waals surface area (Å²) in [5.41, 5.74) is 0.929. The van der Waals surface area contributed by atoms with E-state index in [1.807, 2.05) is 12.3 Å². The summed E-state index contributed by atoms with van der Waals surface area (Å²) >= 11 is 1.19. The van der Waals surface area contributed by atoms with Gasteiger partial charge >= 0.3 is 4.87 Å². The highest BCUT2D eigenvalue weighted by molar-refractivity contribution is 7.07. The first-order chi connectivity index (χ1) is 10.5. The normalized spacial score (nSPS) is 20.8. The largest absolute Gasteiger partial charge is 0.354 e. The van der Waals surface area contributed by atoms with Crippen LogP contribution >= 0.6 is 11.3 Å². The second kappa shape index (κ2) is 7.92. The molecule has 1 fully saturated rings. The van der Waals surface area contributed by atoms with E-state index in [0.717, 1.165) is 24.7 Å². The molecule has 0 aromatic carbocycles. The van der Waals surface area contributed by atoms with E-state index in [2.05, 4.69) is 24.1 Å². The molecule has 0 radical (unpaired) electrons. The lowest BCUT2D eigenvalue weighted by molar-refractivity contribution is -0.121. The van der Waals surface area contributed by atoms with Crippen molar-refractivity contribution in [3.05, 3.63) is 20.7 Å². The summed E-state index contributed by atoms with van der Waals surface area (Å²) in [7, 11) is 0. The van der Waals surface area contributed by atoms with Crippen molar-refractivity contribution in [2.45, 2.75) is 52.6 Å². The number of hydrogen-bond acceptors (Lipinski definition) is 4. The predicted octanol–water partition coefficient (Wildman–Crippen LogP) is 1.84. The minimum Gasteiger partial charge on any atom is -0.354 e. The molecule has 1 saturated heterocycles. The van der Waals surface area contributed by atoms with Crippen LogP contribution in [-0.2, 0) is 11.3 Å². The van der Waals surface area contributed by atoms with Crippen LogP contribution in [0.25, 0.3) is 0 Å². The zero-order chi connectivity index (χ0) is 16.1. The zero-order valence-corrected chi connectivity index (χ0v) is 14.6. The zero-order valence-electron chi connectivity index (χ0n) is 13.8. The summed E-state index contributed by atoms with van der Waals surface area (Å²) in [6.45, 7) is 9.77. The Labute approximate surface area is 136 Å². The SMILES string of the molecule is Cc1csc(=O)n1CCC(=O)NC[C@H](C)N1CCC[C@H](C)C1. The smallest absolute Gasteiger partial charge is 0.307 e. The quantitative estimate of drug-likeness (QED) is 0.868. The molecule has 1 N–H and O–H groups in total. The van der Waals surface area contributed by atoms with Crippen molar-refractivity contribution < 1.29 is 4.79 Å². The number of aromatic nitrogens is 1. The summed E-state index contributed by atoms with van der Waals surface area (Å²) in [4.78, 5) is 26.0. The van der Waals surface area contributed by atoms with Gasteiger partial charge < -0.3 is 9.88 Å². The van der Waals surface area contributed by atoms with Crippen molar-refractivity contribution in [3.63, 3.8) is 0 Å². The maximum atomic E-state index is 12.0. The molecular formula is C16H27N3O2S. The predicted molar refractivity (Wildman–Crippen MR) is 90.4 cm³/mol. The van der Waals surface area contributed by atoms with E-state index in [9.17, 15) is 9.59 Å². The molecule has 1 aliphatic heterocycles. The maximum Gasteiger partial charge on any atom is 0.307 e. The number of nitrogens with one attached hydrogen (secondary N) is 1. The molecule has 5 nitrogen and oxygen atoms in total. The number of piperidine rings is 1. The lowest BCUT2D eigenvalue weighted by atomic mass is 9.99. The van der Waals surface area contributed by atoms with Crippen LogP contribution in [0.3, 0.4) is 0 Å². The number of carbonyl (C=O) groups is 1. The standard InChI is InChI=1S/C16H27N3O2S/c1-12-5-4-7-18(10-12)13(2)9-17-15(20)6-8-19-14(3)11-22-16(19)21/h11-13H,4-10H2,1-3H3,(H,17,20)/t12-,13-/m0/s1. The first-order valence-corrected chi connectivity index (χ1v) is 9.01. The summed E-state index contributed by atoms with van der Waals surface area (Å²) < 4.78 is 1.67. The molecule has 2 rings (SSSR count). The Kier molecular flexibility index (Phi) is 6.20. The van der Waals surface area contributed by atoms with Gasteiger partial charge in [-0.3, -0.25) is 14.5 Å². The van der Waals surface area contributed by atoms with Crippen LogP contribution in [0.15, 0.2) is 10.2 Å². The third-order valence-corrected chi connectivity index (χ3v) is 5.33. The van der Waals surface area contributed by atoms with E-state index >= 15 is 0 Å². The summed E-state index contributed by atoms with van der Waals surface area (Å²) in [6, 6.07) is 0.373. The van der Waals surface area contributed by atoms with E-state index in [1.165, 1.54) is 24.2 Å². The Morgan fingerprint density at radius 2 is 2.32 bits per heavy atom. The average Bonchev–Trinajstić information content (AvgIpc) is 2.81. The Morgan fingerprint density at radius 3 is 2.95 bits per heavy atom. The number of aryl methyl sites for hydroxylation is 1. The Morgan fingerprint density at radius 1 is 1.55 bits per heavy atom. The molecular weight excluding hydrogens is 298 g/mol. The van der Waals surface area contributed by atoms with Gasteiger partial charge in [-0.1, -0.05) is 18.3 Å². The van der Waals surface area contributed by atoms with Gasteiger partial charge in [-0.25, -0.2) is 0 Å². The van der Waals surface area contributed by atoms with Gasteiger partial charge in [-0.15, -0.1) is 0 Å². The number of nitrogens with zero attached hydrogens (tertiary/aromatic N) is 2. The maximum absolute atomic E-state index is 12.0. The second-order valence-electron chi connectivity index (χ2n) is 6.44. The molecule has 1 aliphatic rings. The van der Waals surface area contributed by atoms with Gasteiger partial charge in [0.15, 0.2) is 0 Å². The minimum atomic E-state index is 0.0148. The molecule has 1 aromatic rings. The molecule has 2 heterocycles. The first-order valence-electron chi connectivity index (χ1n) is 8.13. The lowest BCUT2D eigenvalue weighted by Crippen LogP contribution is -2.46. The number of rotatable bonds is 6. The van der Waals surface area contributed by atoms with Crippen molar-refractivity contribution >= 4 is 17.2 Å². The lowest BCUT2D eigenvalue weighted by Gasteiger charge is -2.35. The van der Waals surface area contributed by atoms with Crippen LogP contribution in [0.4, 0.5) is 0 Å². The van der Waals surface area contributed by atoms with Crippen molar-refractivity contribution in [1.82, 2.24) is 14.8 Å². The molecule has 1 amide bonds. The van der Waals surface area contributed by atoms with Gasteiger partial charge in [0.2, 0.25) is 5.91 Å². The molecule has 0 unspecified atom stereocenters. The Hall–Kier alpha value is -1.14. The van der Waals surface area contributed by atoms with Crippen molar-refractivity contribution in [2.24, 2.45) is 5.92 Å². The number of thiazole rings is 1. The summed E-state index contributed by atoms with van der Waals surface area (Å²) in [5.74, 6) is 0.773. The highest BCUT2D eigenvalue weighted by Crippen LogP contribution is 2.17. The van der Waals surface area contributed by atoms with Crippen molar-refractivity contribution in [1.29, 1.82) is 0 Å². The van der Waals surface area contributed by atoms with Crippen molar-refractivity contribution in [3.8, 4) is 0 Å². The molecule has 0 aliphatic carbocycles. The van der Waals surface area contributed by atoms with Crippen LogP contribution in [0.1, 0.15) is 38.8 Å². The summed E-state index contributed by atoms with van der Waals surface area (Å²) in [5, 5.41) is 4.84. The fourth-order valence-corrected chi connectivity index (χ4v) is 3.75. The highest BCUT2D eigenvalue weighted by atomic mass is 32.1. The molecule has 2 atom stereocenters. The number of carbonyl (C=O) groups excluding carboxylic acids is 1. The Bertz CT molecular complexity index is 552. The van der Waals surface area contributed by atoms with E-state index in [0.29, 0.717) is 25.6 Å². The van der Waals surface area contributed by atoms with Gasteiger partial charge in [-0.05, 0) is 39.2 Å². The van der Waals surface area contributed by atoms with E-state index in [-0.39, 0.29) is 10.8 Å². The van der Waals surface area contributed by atoms with Crippen molar-refractivity contribution in [2.75, 3.05) is 19.6 Å². The van der Waals surface area contributed by atoms with Crippen LogP contribution in [0.2, 0.25) is 0 Å². The average molecular weight is 325 g/mol. The van der Waals surface area contributed by atoms with Crippen LogP contribution in [0, 0.1) is 12.8 Å². The van der Waals surface area contributed by atoms with E-state index in [4.69, 9.17) is 0 Å². The molecule has 124 valence electrons. The fraction of sp³-hybridized carbons (Fsp3) is 0.750. The van der Waals surface area contributed by atoms with E-state index in [1.54, 1.807) is 4.57 Å². The molecule has 0 bridgehead atoms. The highest BCUT2D eigenvalue weighted by Gasteiger charge is 2.21. The van der Waals surface area contributed by atoms with Gasteiger partial charge in [0.25, 0.3) is 0 Å². The molecule has 0 saturated carbocycles. The van der Waals surface area contributed by atoms with Gasteiger partial charge in [0.05, 0.1) is 0 Å². The number of likely N-dealkylation sites (tertiary alicyclic amines) is 1. The third kappa shape index (κ3) is 4.68. The summed E-state index contributed by atoms with van der Waals surface area (Å²) in [6.07, 6.45) is 2.92. The molecule has 6 heteroatoms. The molecule has 1 aromatic heterocycles. The van der Waals surface area contributed by atoms with Crippen LogP contribution < -0.4 is 10.2 Å². The van der Waals surface area contributed by atoms with E-state index < -0.39 is 0 Å². The number of hydrogen-bond donors (Lipinski definition) is 1. The minimum absolute atomic E-state index is 0.0148.